The maximum absolute atomic E-state index is 12.5. The van der Waals surface area contributed by atoms with E-state index in [-0.39, 0.29) is 17.6 Å². The molecule has 0 aliphatic heterocycles. The van der Waals surface area contributed by atoms with Gasteiger partial charge >= 0.3 is 5.63 Å². The van der Waals surface area contributed by atoms with Crippen molar-refractivity contribution in [3.63, 3.8) is 0 Å². The van der Waals surface area contributed by atoms with E-state index in [1.807, 2.05) is 30.3 Å². The number of nitrogens with zero attached hydrogens (tertiary/aromatic N) is 1. The average molecular weight is 382 g/mol. The fourth-order valence-corrected chi connectivity index (χ4v) is 3.12. The molecule has 1 amide bonds. The van der Waals surface area contributed by atoms with Crippen molar-refractivity contribution in [2.45, 2.75) is 0 Å². The molecular weight excluding hydrogens is 368 g/mol. The first-order valence-electron chi connectivity index (χ1n) is 8.98. The van der Waals surface area contributed by atoms with E-state index in [9.17, 15) is 9.59 Å². The molecule has 5 aromatic rings. The monoisotopic (exact) mass is 382 g/mol. The number of carbonyl (C=O) groups is 1. The van der Waals surface area contributed by atoms with Crippen LogP contribution in [0, 0.1) is 0 Å². The molecule has 0 spiro atoms. The molecule has 0 saturated heterocycles. The summed E-state index contributed by atoms with van der Waals surface area (Å²) in [5, 5.41) is 4.10. The van der Waals surface area contributed by atoms with Gasteiger partial charge in [-0.25, -0.2) is 9.78 Å². The van der Waals surface area contributed by atoms with Crippen molar-refractivity contribution >= 4 is 33.5 Å². The van der Waals surface area contributed by atoms with E-state index in [1.165, 1.54) is 0 Å². The number of benzene rings is 3. The first kappa shape index (κ1) is 16.9. The van der Waals surface area contributed by atoms with Gasteiger partial charge in [0.25, 0.3) is 5.91 Å². The number of amides is 1. The molecule has 2 aromatic heterocycles. The van der Waals surface area contributed by atoms with Gasteiger partial charge < -0.3 is 14.2 Å². The zero-order valence-electron chi connectivity index (χ0n) is 15.1. The summed E-state index contributed by atoms with van der Waals surface area (Å²) in [4.78, 5) is 29.0. The van der Waals surface area contributed by atoms with Crippen LogP contribution in [-0.2, 0) is 0 Å². The number of furan rings is 1. The lowest BCUT2D eigenvalue weighted by atomic mass is 10.2. The van der Waals surface area contributed by atoms with Crippen LogP contribution in [0.2, 0.25) is 0 Å². The molecule has 0 aliphatic carbocycles. The third-order valence-corrected chi connectivity index (χ3v) is 4.57. The average Bonchev–Trinajstić information content (AvgIpc) is 3.19. The van der Waals surface area contributed by atoms with Crippen LogP contribution in [-0.4, -0.2) is 10.9 Å². The van der Waals surface area contributed by atoms with Crippen molar-refractivity contribution < 1.29 is 13.6 Å². The van der Waals surface area contributed by atoms with Crippen molar-refractivity contribution in [3.8, 4) is 11.5 Å². The van der Waals surface area contributed by atoms with Gasteiger partial charge in [0.15, 0.2) is 5.76 Å². The van der Waals surface area contributed by atoms with Crippen LogP contribution < -0.4 is 10.9 Å². The molecule has 0 fully saturated rings. The molecule has 1 N–H and O–H groups in total. The largest absolute Gasteiger partial charge is 0.451 e. The lowest BCUT2D eigenvalue weighted by Gasteiger charge is -2.05. The highest BCUT2D eigenvalue weighted by Crippen LogP contribution is 2.23. The minimum absolute atomic E-state index is 0.226. The lowest BCUT2D eigenvalue weighted by Crippen LogP contribution is -2.10. The Labute approximate surface area is 164 Å². The Kier molecular flexibility index (Phi) is 3.95. The maximum atomic E-state index is 12.5. The number of hydrogen-bond acceptors (Lipinski definition) is 5. The normalized spacial score (nSPS) is 11.0. The summed E-state index contributed by atoms with van der Waals surface area (Å²) in [6.07, 6.45) is 0. The summed E-state index contributed by atoms with van der Waals surface area (Å²) in [6, 6.07) is 23.0. The van der Waals surface area contributed by atoms with Crippen molar-refractivity contribution in [1.82, 2.24) is 4.98 Å². The van der Waals surface area contributed by atoms with Gasteiger partial charge in [0, 0.05) is 16.6 Å². The van der Waals surface area contributed by atoms with Gasteiger partial charge in [-0.3, -0.25) is 4.79 Å². The molecule has 29 heavy (non-hydrogen) atoms. The van der Waals surface area contributed by atoms with Crippen LogP contribution in [0.1, 0.15) is 10.6 Å². The molecule has 0 bridgehead atoms. The summed E-state index contributed by atoms with van der Waals surface area (Å²) in [5.41, 5.74) is 2.01. The van der Waals surface area contributed by atoms with Crippen LogP contribution >= 0.6 is 0 Å². The second-order valence-corrected chi connectivity index (χ2v) is 6.50. The minimum atomic E-state index is -0.437. The second kappa shape index (κ2) is 6.76. The molecule has 0 unspecified atom stereocenters. The third kappa shape index (κ3) is 3.17. The number of carbonyl (C=O) groups excluding carboxylic acids is 1. The zero-order chi connectivity index (χ0) is 19.8. The summed E-state index contributed by atoms with van der Waals surface area (Å²) in [5.74, 6) is 0.116. The van der Waals surface area contributed by atoms with E-state index in [2.05, 4.69) is 10.3 Å². The molecule has 6 nitrogen and oxygen atoms in total. The first-order valence-corrected chi connectivity index (χ1v) is 8.98. The Morgan fingerprint density at radius 2 is 1.62 bits per heavy atom. The molecule has 5 rings (SSSR count). The van der Waals surface area contributed by atoms with Crippen LogP contribution in [0.4, 0.5) is 5.69 Å². The standard InChI is InChI=1S/C23H14N2O4/c26-21(20-13-15-5-1-4-8-19(15)28-20)24-16-11-9-14(10-12-16)22-25-18-7-3-2-6-17(18)23(27)29-22/h1-13H,(H,24,26). The predicted molar refractivity (Wildman–Crippen MR) is 110 cm³/mol. The van der Waals surface area contributed by atoms with Gasteiger partial charge in [-0.2, -0.15) is 0 Å². The van der Waals surface area contributed by atoms with Crippen LogP contribution in [0.3, 0.4) is 0 Å². The zero-order valence-corrected chi connectivity index (χ0v) is 15.1. The van der Waals surface area contributed by atoms with Gasteiger partial charge in [-0.1, -0.05) is 30.3 Å². The van der Waals surface area contributed by atoms with E-state index < -0.39 is 5.63 Å². The van der Waals surface area contributed by atoms with Crippen molar-refractivity contribution in [2.24, 2.45) is 0 Å². The van der Waals surface area contributed by atoms with E-state index in [0.717, 1.165) is 5.39 Å². The lowest BCUT2D eigenvalue weighted by molar-refractivity contribution is 0.0998. The number of para-hydroxylation sites is 2. The van der Waals surface area contributed by atoms with E-state index in [1.54, 1.807) is 48.5 Å². The summed E-state index contributed by atoms with van der Waals surface area (Å²) in [7, 11) is 0. The van der Waals surface area contributed by atoms with E-state index in [0.29, 0.717) is 27.7 Å². The topological polar surface area (TPSA) is 85.3 Å². The number of nitrogens with one attached hydrogen (secondary N) is 1. The molecular formula is C23H14N2O4. The van der Waals surface area contributed by atoms with Gasteiger partial charge in [-0.05, 0) is 48.5 Å². The van der Waals surface area contributed by atoms with Crippen molar-refractivity contribution in [2.75, 3.05) is 5.32 Å². The molecule has 0 radical (unpaired) electrons. The number of hydrogen-bond donors (Lipinski definition) is 1. The Bertz CT molecular complexity index is 1380. The van der Waals surface area contributed by atoms with Crippen LogP contribution in [0.5, 0.6) is 0 Å². The summed E-state index contributed by atoms with van der Waals surface area (Å²) < 4.78 is 10.9. The summed E-state index contributed by atoms with van der Waals surface area (Å²) >= 11 is 0. The SMILES string of the molecule is O=C(Nc1ccc(-c2nc3ccccc3c(=O)o2)cc1)c1cc2ccccc2o1. The van der Waals surface area contributed by atoms with E-state index >= 15 is 0 Å². The molecule has 0 atom stereocenters. The number of anilines is 1. The van der Waals surface area contributed by atoms with Gasteiger partial charge in [0.2, 0.25) is 5.89 Å². The predicted octanol–water partition coefficient (Wildman–Crippen LogP) is 4.85. The minimum Gasteiger partial charge on any atom is -0.451 e. The maximum Gasteiger partial charge on any atom is 0.347 e. The first-order chi connectivity index (χ1) is 14.2. The summed E-state index contributed by atoms with van der Waals surface area (Å²) in [6.45, 7) is 0. The highest BCUT2D eigenvalue weighted by Gasteiger charge is 2.13. The number of rotatable bonds is 3. The van der Waals surface area contributed by atoms with Gasteiger partial charge in [0.1, 0.15) is 5.58 Å². The Morgan fingerprint density at radius 1 is 0.862 bits per heavy atom. The fraction of sp³-hybridized carbons (Fsp3) is 0. The van der Waals surface area contributed by atoms with E-state index in [4.69, 9.17) is 8.83 Å². The molecule has 2 heterocycles. The second-order valence-electron chi connectivity index (χ2n) is 6.50. The highest BCUT2D eigenvalue weighted by molar-refractivity contribution is 6.04. The molecule has 0 saturated carbocycles. The number of aromatic nitrogens is 1. The fourth-order valence-electron chi connectivity index (χ4n) is 3.12. The molecule has 6 heteroatoms. The van der Waals surface area contributed by atoms with Gasteiger partial charge in [-0.15, -0.1) is 0 Å². The van der Waals surface area contributed by atoms with Gasteiger partial charge in [0.05, 0.1) is 10.9 Å². The molecule has 3 aromatic carbocycles. The van der Waals surface area contributed by atoms with Crippen LogP contribution in [0.15, 0.2) is 92.5 Å². The molecule has 140 valence electrons. The quantitative estimate of drug-likeness (QED) is 0.482. The Morgan fingerprint density at radius 3 is 2.45 bits per heavy atom. The number of fused-ring (bicyclic) bond motifs is 2. The molecule has 0 aliphatic rings. The Hall–Kier alpha value is -4.19. The van der Waals surface area contributed by atoms with Crippen molar-refractivity contribution in [1.29, 1.82) is 0 Å². The van der Waals surface area contributed by atoms with Crippen molar-refractivity contribution in [3.05, 3.63) is 95.0 Å². The smallest absolute Gasteiger partial charge is 0.347 e. The highest BCUT2D eigenvalue weighted by atomic mass is 16.4. The Balaban J connectivity index is 1.40. The third-order valence-electron chi connectivity index (χ3n) is 4.57. The van der Waals surface area contributed by atoms with Crippen LogP contribution in [0.25, 0.3) is 33.3 Å².